The summed E-state index contributed by atoms with van der Waals surface area (Å²) in [7, 11) is 0. The lowest BCUT2D eigenvalue weighted by Gasteiger charge is -2.29. The number of benzene rings is 1. The Morgan fingerprint density at radius 2 is 1.83 bits per heavy atom. The third-order valence-electron chi connectivity index (χ3n) is 4.86. The van der Waals surface area contributed by atoms with Crippen molar-refractivity contribution in [3.63, 3.8) is 0 Å². The van der Waals surface area contributed by atoms with Gasteiger partial charge in [0.1, 0.15) is 0 Å². The zero-order valence-electron chi connectivity index (χ0n) is 13.6. The highest BCUT2D eigenvalue weighted by Gasteiger charge is 2.20. The summed E-state index contributed by atoms with van der Waals surface area (Å²) in [6, 6.07) is 8.10. The summed E-state index contributed by atoms with van der Waals surface area (Å²) >= 11 is 0. The first-order valence-electron chi connectivity index (χ1n) is 8.81. The molecule has 2 amide bonds. The maximum Gasteiger partial charge on any atom is 0.319 e. The van der Waals surface area contributed by atoms with Gasteiger partial charge in [0.25, 0.3) is 0 Å². The van der Waals surface area contributed by atoms with Crippen molar-refractivity contribution in [2.45, 2.75) is 57.1 Å². The number of hydrogen-bond donors (Lipinski definition) is 3. The number of carbonyl (C=O) groups excluding carboxylic acids is 1. The molecule has 1 aromatic rings. The van der Waals surface area contributed by atoms with Gasteiger partial charge in [0.05, 0.1) is 6.10 Å². The van der Waals surface area contributed by atoms with Gasteiger partial charge in [-0.15, -0.1) is 0 Å². The summed E-state index contributed by atoms with van der Waals surface area (Å²) in [5.41, 5.74) is 2.02. The van der Waals surface area contributed by atoms with Crippen LogP contribution in [0.5, 0.6) is 0 Å². The highest BCUT2D eigenvalue weighted by atomic mass is 16.3. The number of rotatable bonds is 3. The molecule has 23 heavy (non-hydrogen) atoms. The highest BCUT2D eigenvalue weighted by Crippen LogP contribution is 2.23. The van der Waals surface area contributed by atoms with Gasteiger partial charge in [-0.1, -0.05) is 6.07 Å². The summed E-state index contributed by atoms with van der Waals surface area (Å²) in [4.78, 5) is 14.5. The average molecular weight is 317 g/mol. The van der Waals surface area contributed by atoms with Gasteiger partial charge in [0, 0.05) is 30.5 Å². The van der Waals surface area contributed by atoms with Gasteiger partial charge < -0.3 is 20.6 Å². The Morgan fingerprint density at radius 3 is 2.57 bits per heavy atom. The van der Waals surface area contributed by atoms with E-state index in [1.54, 1.807) is 0 Å². The molecule has 1 aromatic carbocycles. The minimum atomic E-state index is -0.197. The third kappa shape index (κ3) is 4.61. The lowest BCUT2D eigenvalue weighted by molar-refractivity contribution is 0.118. The molecule has 5 nitrogen and oxygen atoms in total. The first-order chi connectivity index (χ1) is 11.2. The fraction of sp³-hybridized carbons (Fsp3) is 0.611. The van der Waals surface area contributed by atoms with E-state index in [0.29, 0.717) is 0 Å². The van der Waals surface area contributed by atoms with Crippen molar-refractivity contribution in [3.05, 3.63) is 24.3 Å². The number of aliphatic hydroxyl groups is 1. The molecule has 1 aliphatic carbocycles. The second-order valence-electron chi connectivity index (χ2n) is 6.70. The quantitative estimate of drug-likeness (QED) is 0.802. The smallest absolute Gasteiger partial charge is 0.319 e. The highest BCUT2D eigenvalue weighted by molar-refractivity contribution is 5.90. The van der Waals surface area contributed by atoms with E-state index in [0.717, 1.165) is 44.5 Å². The summed E-state index contributed by atoms with van der Waals surface area (Å²) in [5, 5.41) is 15.5. The van der Waals surface area contributed by atoms with E-state index >= 15 is 0 Å². The fourth-order valence-electron chi connectivity index (χ4n) is 3.51. The van der Waals surface area contributed by atoms with E-state index in [4.69, 9.17) is 0 Å². The molecule has 5 heteroatoms. The Hall–Kier alpha value is -1.75. The number of aliphatic hydroxyl groups excluding tert-OH is 1. The summed E-state index contributed by atoms with van der Waals surface area (Å²) in [6.45, 7) is 2.19. The topological polar surface area (TPSA) is 64.6 Å². The van der Waals surface area contributed by atoms with E-state index in [1.165, 1.54) is 24.9 Å². The fourth-order valence-corrected chi connectivity index (χ4v) is 3.51. The van der Waals surface area contributed by atoms with E-state index in [9.17, 15) is 9.90 Å². The largest absolute Gasteiger partial charge is 0.393 e. The van der Waals surface area contributed by atoms with Crippen LogP contribution < -0.4 is 15.5 Å². The molecule has 126 valence electrons. The standard InChI is InChI=1S/C18H27N3O2/c22-17-9-7-14(8-10-17)19-18(23)20-15-5-4-6-16(13-15)21-11-2-1-3-12-21/h4-6,13-14,17,22H,1-3,7-12H2,(H2,19,20,23). The van der Waals surface area contributed by atoms with Gasteiger partial charge >= 0.3 is 6.03 Å². The SMILES string of the molecule is O=C(Nc1cccc(N2CCCCC2)c1)NC1CCC(O)CC1. The van der Waals surface area contributed by atoms with Crippen molar-refractivity contribution >= 4 is 17.4 Å². The monoisotopic (exact) mass is 317 g/mol. The molecule has 2 fully saturated rings. The first kappa shape index (κ1) is 16.1. The van der Waals surface area contributed by atoms with E-state index < -0.39 is 0 Å². The molecule has 0 atom stereocenters. The summed E-state index contributed by atoms with van der Waals surface area (Å²) in [5.74, 6) is 0. The first-order valence-corrected chi connectivity index (χ1v) is 8.81. The normalized spacial score (nSPS) is 25.0. The van der Waals surface area contributed by atoms with Gasteiger partial charge in [-0.25, -0.2) is 4.79 Å². The van der Waals surface area contributed by atoms with Crippen LogP contribution in [0.4, 0.5) is 16.2 Å². The predicted molar refractivity (Wildman–Crippen MR) is 92.9 cm³/mol. The number of anilines is 2. The molecule has 0 spiro atoms. The third-order valence-corrected chi connectivity index (χ3v) is 4.86. The van der Waals surface area contributed by atoms with Crippen LogP contribution in [-0.4, -0.2) is 36.4 Å². The van der Waals surface area contributed by atoms with Crippen LogP contribution in [0.1, 0.15) is 44.9 Å². The van der Waals surface area contributed by atoms with Crippen molar-refractivity contribution in [2.75, 3.05) is 23.3 Å². The maximum atomic E-state index is 12.2. The van der Waals surface area contributed by atoms with Crippen molar-refractivity contribution in [2.24, 2.45) is 0 Å². The van der Waals surface area contributed by atoms with Crippen LogP contribution in [-0.2, 0) is 0 Å². The lowest BCUT2D eigenvalue weighted by atomic mass is 9.93. The van der Waals surface area contributed by atoms with Gasteiger partial charge in [0.2, 0.25) is 0 Å². The Labute approximate surface area is 138 Å². The Morgan fingerprint density at radius 1 is 1.09 bits per heavy atom. The average Bonchev–Trinajstić information content (AvgIpc) is 2.58. The summed E-state index contributed by atoms with van der Waals surface area (Å²) in [6.07, 6.45) is 6.84. The molecule has 3 rings (SSSR count). The number of nitrogens with one attached hydrogen (secondary N) is 2. The van der Waals surface area contributed by atoms with Crippen LogP contribution in [0.25, 0.3) is 0 Å². The van der Waals surface area contributed by atoms with Gasteiger partial charge in [-0.3, -0.25) is 0 Å². The molecule has 1 heterocycles. The van der Waals surface area contributed by atoms with Crippen LogP contribution in [0.3, 0.4) is 0 Å². The van der Waals surface area contributed by atoms with Crippen molar-refractivity contribution in [1.29, 1.82) is 0 Å². The molecule has 0 aromatic heterocycles. The molecule has 1 saturated heterocycles. The Bertz CT molecular complexity index is 521. The summed E-state index contributed by atoms with van der Waals surface area (Å²) < 4.78 is 0. The maximum absolute atomic E-state index is 12.2. The number of piperidine rings is 1. The van der Waals surface area contributed by atoms with E-state index in [2.05, 4.69) is 27.7 Å². The number of nitrogens with zero attached hydrogens (tertiary/aromatic N) is 1. The second-order valence-corrected chi connectivity index (χ2v) is 6.70. The van der Waals surface area contributed by atoms with Crippen LogP contribution in [0.2, 0.25) is 0 Å². The molecular formula is C18H27N3O2. The minimum absolute atomic E-state index is 0.151. The molecule has 1 aliphatic heterocycles. The molecule has 1 saturated carbocycles. The molecule has 2 aliphatic rings. The van der Waals surface area contributed by atoms with Crippen molar-refractivity contribution in [1.82, 2.24) is 5.32 Å². The second kappa shape index (κ2) is 7.68. The molecule has 0 radical (unpaired) electrons. The number of hydrogen-bond acceptors (Lipinski definition) is 3. The zero-order chi connectivity index (χ0) is 16.1. The predicted octanol–water partition coefficient (Wildman–Crippen LogP) is 3.10. The van der Waals surface area contributed by atoms with Crippen LogP contribution in [0, 0.1) is 0 Å². The number of urea groups is 1. The van der Waals surface area contributed by atoms with Crippen molar-refractivity contribution < 1.29 is 9.90 Å². The minimum Gasteiger partial charge on any atom is -0.393 e. The molecule has 3 N–H and O–H groups in total. The van der Waals surface area contributed by atoms with E-state index in [1.807, 2.05) is 12.1 Å². The molecular weight excluding hydrogens is 290 g/mol. The molecule has 0 bridgehead atoms. The van der Waals surface area contributed by atoms with E-state index in [-0.39, 0.29) is 18.2 Å². The van der Waals surface area contributed by atoms with Gasteiger partial charge in [-0.05, 0) is 63.1 Å². The Kier molecular flexibility index (Phi) is 5.39. The van der Waals surface area contributed by atoms with Gasteiger partial charge in [0.15, 0.2) is 0 Å². The zero-order valence-corrected chi connectivity index (χ0v) is 13.6. The van der Waals surface area contributed by atoms with Crippen LogP contribution >= 0.6 is 0 Å². The van der Waals surface area contributed by atoms with Crippen LogP contribution in [0.15, 0.2) is 24.3 Å². The number of amides is 2. The molecule has 0 unspecified atom stereocenters. The lowest BCUT2D eigenvalue weighted by Crippen LogP contribution is -2.40. The Balaban J connectivity index is 1.53. The number of carbonyl (C=O) groups is 1. The van der Waals surface area contributed by atoms with Gasteiger partial charge in [-0.2, -0.15) is 0 Å². The van der Waals surface area contributed by atoms with Crippen molar-refractivity contribution in [3.8, 4) is 0 Å².